The van der Waals surface area contributed by atoms with Gasteiger partial charge in [-0.15, -0.1) is 11.3 Å². The van der Waals surface area contributed by atoms with Crippen LogP contribution in [-0.2, 0) is 14.8 Å². The van der Waals surface area contributed by atoms with Crippen LogP contribution in [0.3, 0.4) is 0 Å². The Morgan fingerprint density at radius 1 is 1.31 bits per heavy atom. The average molecular weight is 399 g/mol. The highest BCUT2D eigenvalue weighted by Crippen LogP contribution is 2.30. The maximum Gasteiger partial charge on any atom is 0.258 e. The summed E-state index contributed by atoms with van der Waals surface area (Å²) in [5, 5.41) is 9.15. The van der Waals surface area contributed by atoms with Gasteiger partial charge < -0.3 is 14.6 Å². The number of nitrogens with one attached hydrogen (secondary N) is 1. The van der Waals surface area contributed by atoms with E-state index >= 15 is 0 Å². The molecular weight excluding hydrogens is 378 g/mol. The van der Waals surface area contributed by atoms with Gasteiger partial charge >= 0.3 is 0 Å². The molecule has 9 nitrogen and oxygen atoms in total. The van der Waals surface area contributed by atoms with Crippen LogP contribution < -0.4 is 5.32 Å². The minimum absolute atomic E-state index is 0.0523. The van der Waals surface area contributed by atoms with Crippen molar-refractivity contribution in [1.82, 2.24) is 24.7 Å². The molecule has 2 saturated heterocycles. The fourth-order valence-electron chi connectivity index (χ4n) is 3.06. The number of sulfonamides is 1. The van der Waals surface area contributed by atoms with Crippen LogP contribution in [0.2, 0.25) is 0 Å². The first kappa shape index (κ1) is 18.0. The number of aromatic nitrogens is 2. The normalized spacial score (nSPS) is 23.3. The zero-order valence-corrected chi connectivity index (χ0v) is 16.1. The number of rotatable bonds is 4. The first-order valence-corrected chi connectivity index (χ1v) is 10.8. The van der Waals surface area contributed by atoms with Gasteiger partial charge in [-0.1, -0.05) is 5.16 Å². The molecule has 11 heteroatoms. The molecule has 0 aliphatic carbocycles. The molecule has 2 aromatic rings. The summed E-state index contributed by atoms with van der Waals surface area (Å²) in [5.74, 6) is 0.956. The van der Waals surface area contributed by atoms with Crippen molar-refractivity contribution in [3.8, 4) is 11.5 Å². The second-order valence-corrected chi connectivity index (χ2v) is 9.41. The standard InChI is InChI=1S/C15H21N5O4S2/c1-19-3-2-16-9-12(19)14-17-15(24-18-14)11-8-13(25-10-11)26(21,22)20-4-6-23-7-5-20/h8,10,12,16H,2-7,9H2,1H3. The highest BCUT2D eigenvalue weighted by Gasteiger charge is 2.29. The summed E-state index contributed by atoms with van der Waals surface area (Å²) in [5.41, 5.74) is 0.631. The molecule has 142 valence electrons. The molecule has 0 radical (unpaired) electrons. The highest BCUT2D eigenvalue weighted by molar-refractivity contribution is 7.91. The van der Waals surface area contributed by atoms with E-state index in [1.54, 1.807) is 11.4 Å². The summed E-state index contributed by atoms with van der Waals surface area (Å²) in [4.78, 5) is 6.65. The Hall–Kier alpha value is -1.37. The Morgan fingerprint density at radius 3 is 2.88 bits per heavy atom. The van der Waals surface area contributed by atoms with Crippen molar-refractivity contribution in [1.29, 1.82) is 0 Å². The van der Waals surface area contributed by atoms with E-state index in [1.165, 1.54) is 15.6 Å². The molecule has 26 heavy (non-hydrogen) atoms. The maximum absolute atomic E-state index is 12.7. The minimum atomic E-state index is -3.51. The highest BCUT2D eigenvalue weighted by atomic mass is 32.2. The maximum atomic E-state index is 12.7. The van der Waals surface area contributed by atoms with Gasteiger partial charge in [0.15, 0.2) is 5.82 Å². The van der Waals surface area contributed by atoms with Crippen LogP contribution >= 0.6 is 11.3 Å². The molecule has 1 atom stereocenters. The first-order chi connectivity index (χ1) is 12.6. The molecule has 0 amide bonds. The van der Waals surface area contributed by atoms with E-state index in [0.717, 1.165) is 19.6 Å². The predicted octanol–water partition coefficient (Wildman–Crippen LogP) is 0.395. The van der Waals surface area contributed by atoms with Crippen LogP contribution in [0.4, 0.5) is 0 Å². The fourth-order valence-corrected chi connectivity index (χ4v) is 5.77. The molecule has 2 aromatic heterocycles. The van der Waals surface area contributed by atoms with Gasteiger partial charge in [-0.3, -0.25) is 4.90 Å². The SMILES string of the molecule is CN1CCNCC1c1noc(-c2csc(S(=O)(=O)N3CCOCC3)c2)n1. The summed E-state index contributed by atoms with van der Waals surface area (Å²) in [6.07, 6.45) is 0. The van der Waals surface area contributed by atoms with Crippen molar-refractivity contribution in [3.05, 3.63) is 17.3 Å². The fraction of sp³-hybridized carbons (Fsp3) is 0.600. The van der Waals surface area contributed by atoms with Gasteiger partial charge in [-0.2, -0.15) is 9.29 Å². The molecule has 4 rings (SSSR count). The van der Waals surface area contributed by atoms with Crippen LogP contribution in [0.25, 0.3) is 11.5 Å². The first-order valence-electron chi connectivity index (χ1n) is 8.47. The molecule has 0 bridgehead atoms. The molecule has 2 aliphatic rings. The monoisotopic (exact) mass is 399 g/mol. The van der Waals surface area contributed by atoms with Crippen molar-refractivity contribution in [2.24, 2.45) is 0 Å². The number of likely N-dealkylation sites (N-methyl/N-ethyl adjacent to an activating group) is 1. The van der Waals surface area contributed by atoms with Gasteiger partial charge in [0, 0.05) is 38.1 Å². The van der Waals surface area contributed by atoms with Crippen molar-refractivity contribution < 1.29 is 17.7 Å². The third-order valence-corrected chi connectivity index (χ3v) is 7.95. The molecule has 4 heterocycles. The van der Waals surface area contributed by atoms with Crippen molar-refractivity contribution in [2.75, 3.05) is 53.0 Å². The van der Waals surface area contributed by atoms with Crippen molar-refractivity contribution in [2.45, 2.75) is 10.3 Å². The topological polar surface area (TPSA) is 101 Å². The number of thiophene rings is 1. The summed E-state index contributed by atoms with van der Waals surface area (Å²) < 4.78 is 37.8. The van der Waals surface area contributed by atoms with Crippen LogP contribution in [0.1, 0.15) is 11.9 Å². The Morgan fingerprint density at radius 2 is 2.12 bits per heavy atom. The zero-order chi connectivity index (χ0) is 18.1. The molecule has 2 aliphatic heterocycles. The van der Waals surface area contributed by atoms with Crippen LogP contribution in [0.15, 0.2) is 20.2 Å². The quantitative estimate of drug-likeness (QED) is 0.788. The lowest BCUT2D eigenvalue weighted by molar-refractivity contribution is 0.0731. The van der Waals surface area contributed by atoms with Gasteiger partial charge in [0.25, 0.3) is 15.9 Å². The Balaban J connectivity index is 1.55. The molecule has 0 spiro atoms. The van der Waals surface area contributed by atoms with Gasteiger partial charge in [0.1, 0.15) is 4.21 Å². The summed E-state index contributed by atoms with van der Waals surface area (Å²) in [7, 11) is -1.48. The van der Waals surface area contributed by atoms with Gasteiger partial charge in [0.05, 0.1) is 24.8 Å². The Bertz CT molecular complexity index is 859. The molecule has 1 unspecified atom stereocenters. The number of nitrogens with zero attached hydrogens (tertiary/aromatic N) is 4. The van der Waals surface area contributed by atoms with E-state index in [9.17, 15) is 8.42 Å². The van der Waals surface area contributed by atoms with Crippen LogP contribution in [0, 0.1) is 0 Å². The van der Waals surface area contributed by atoms with E-state index in [4.69, 9.17) is 9.26 Å². The summed E-state index contributed by atoms with van der Waals surface area (Å²) >= 11 is 1.17. The zero-order valence-electron chi connectivity index (χ0n) is 14.4. The van der Waals surface area contributed by atoms with E-state index in [2.05, 4.69) is 20.4 Å². The third kappa shape index (κ3) is 3.42. The van der Waals surface area contributed by atoms with E-state index in [-0.39, 0.29) is 10.3 Å². The van der Waals surface area contributed by atoms with Crippen LogP contribution in [0.5, 0.6) is 0 Å². The lowest BCUT2D eigenvalue weighted by Crippen LogP contribution is -2.44. The van der Waals surface area contributed by atoms with Gasteiger partial charge in [0.2, 0.25) is 0 Å². The molecule has 2 fully saturated rings. The van der Waals surface area contributed by atoms with Gasteiger partial charge in [-0.05, 0) is 13.1 Å². The molecular formula is C15H21N5O4S2. The predicted molar refractivity (Wildman–Crippen MR) is 95.4 cm³/mol. The Labute approximate surface area is 156 Å². The van der Waals surface area contributed by atoms with Crippen molar-refractivity contribution >= 4 is 21.4 Å². The smallest absolute Gasteiger partial charge is 0.258 e. The largest absolute Gasteiger partial charge is 0.379 e. The van der Waals surface area contributed by atoms with E-state index in [0.29, 0.717) is 43.6 Å². The molecule has 0 saturated carbocycles. The van der Waals surface area contributed by atoms with E-state index < -0.39 is 10.0 Å². The second-order valence-electron chi connectivity index (χ2n) is 6.33. The van der Waals surface area contributed by atoms with Crippen LogP contribution in [-0.4, -0.2) is 80.7 Å². The van der Waals surface area contributed by atoms with Gasteiger partial charge in [-0.25, -0.2) is 8.42 Å². The number of morpholine rings is 1. The summed E-state index contributed by atoms with van der Waals surface area (Å²) in [6, 6.07) is 1.66. The minimum Gasteiger partial charge on any atom is -0.379 e. The molecule has 1 N–H and O–H groups in total. The molecule has 0 aromatic carbocycles. The number of hydrogen-bond acceptors (Lipinski definition) is 9. The average Bonchev–Trinajstić information content (AvgIpc) is 3.32. The third-order valence-electron chi connectivity index (χ3n) is 4.64. The van der Waals surface area contributed by atoms with Crippen molar-refractivity contribution in [3.63, 3.8) is 0 Å². The summed E-state index contributed by atoms with van der Waals surface area (Å²) in [6.45, 7) is 4.21. The lowest BCUT2D eigenvalue weighted by Gasteiger charge is -2.30. The number of piperazine rings is 1. The number of ether oxygens (including phenoxy) is 1. The Kier molecular flexibility index (Phi) is 5.08. The second kappa shape index (κ2) is 7.33. The van der Waals surface area contributed by atoms with E-state index in [1.807, 2.05) is 7.05 Å². The lowest BCUT2D eigenvalue weighted by atomic mass is 10.2. The number of hydrogen-bond donors (Lipinski definition) is 1.